The first-order chi connectivity index (χ1) is 12.8. The van der Waals surface area contributed by atoms with Crippen LogP contribution in [0.5, 0.6) is 0 Å². The van der Waals surface area contributed by atoms with Gasteiger partial charge in [0.25, 0.3) is 5.91 Å². The number of carboxylic acid groups (broad SMARTS) is 1. The summed E-state index contributed by atoms with van der Waals surface area (Å²) in [6, 6.07) is 0. The number of nitrogens with one attached hydrogen (secondary N) is 1. The molecule has 0 radical (unpaired) electrons. The molecule has 2 heterocycles. The Balaban J connectivity index is 1.98. The molecule has 144 valence electrons. The minimum absolute atomic E-state index is 0.0722. The van der Waals surface area contributed by atoms with Gasteiger partial charge in [-0.3, -0.25) is 9.48 Å². The topological polar surface area (TPSA) is 111 Å². The van der Waals surface area contributed by atoms with Crippen LogP contribution in [0.25, 0.3) is 0 Å². The summed E-state index contributed by atoms with van der Waals surface area (Å²) in [5, 5.41) is 16.2. The molecule has 2 aromatic rings. The van der Waals surface area contributed by atoms with Crippen LogP contribution in [-0.2, 0) is 24.6 Å². The minimum Gasteiger partial charge on any atom is -0.478 e. The summed E-state index contributed by atoms with van der Waals surface area (Å²) in [4.78, 5) is 37.8. The van der Waals surface area contributed by atoms with Crippen LogP contribution in [-0.4, -0.2) is 38.8 Å². The number of nitrogens with zero attached hydrogens (tertiary/aromatic N) is 2. The number of aryl methyl sites for hydroxylation is 2. The van der Waals surface area contributed by atoms with E-state index >= 15 is 0 Å². The highest BCUT2D eigenvalue weighted by atomic mass is 32.1. The van der Waals surface area contributed by atoms with E-state index in [-0.39, 0.29) is 17.4 Å². The van der Waals surface area contributed by atoms with Crippen molar-refractivity contribution in [3.63, 3.8) is 0 Å². The van der Waals surface area contributed by atoms with Gasteiger partial charge in [-0.05, 0) is 45.1 Å². The molecule has 2 aromatic heterocycles. The summed E-state index contributed by atoms with van der Waals surface area (Å²) in [6.45, 7) is 3.54. The summed E-state index contributed by atoms with van der Waals surface area (Å²) in [6.07, 6.45) is 4.47. The Morgan fingerprint density at radius 3 is 2.67 bits per heavy atom. The highest BCUT2D eigenvalue weighted by Crippen LogP contribution is 2.39. The predicted molar refractivity (Wildman–Crippen MR) is 99.6 cm³/mol. The lowest BCUT2D eigenvalue weighted by Crippen LogP contribution is -2.21. The fourth-order valence-corrected chi connectivity index (χ4v) is 4.44. The summed E-state index contributed by atoms with van der Waals surface area (Å²) in [5.74, 6) is -2.33. The standard InChI is InChI=1S/C18H21N3O5S/c1-9(2)26-18(25)13-10-6-4-5-7-12(10)27-16(13)20-15(22)14-11(17(23)24)8-19-21(14)3/h8-9H,4-7H2,1-3H3,(H,20,22)(H,23,24). The third kappa shape index (κ3) is 3.73. The number of esters is 1. The van der Waals surface area contributed by atoms with Crippen molar-refractivity contribution in [2.24, 2.45) is 7.05 Å². The maximum atomic E-state index is 12.8. The van der Waals surface area contributed by atoms with E-state index in [2.05, 4.69) is 10.4 Å². The zero-order valence-corrected chi connectivity index (χ0v) is 16.2. The number of aromatic nitrogens is 2. The number of carbonyl (C=O) groups is 3. The fourth-order valence-electron chi connectivity index (χ4n) is 3.17. The molecule has 0 fully saturated rings. The van der Waals surface area contributed by atoms with Crippen molar-refractivity contribution < 1.29 is 24.2 Å². The average Bonchev–Trinajstić information content (AvgIpc) is 3.14. The van der Waals surface area contributed by atoms with Crippen LogP contribution < -0.4 is 5.32 Å². The van der Waals surface area contributed by atoms with Crippen molar-refractivity contribution in [3.05, 3.63) is 33.5 Å². The number of anilines is 1. The van der Waals surface area contributed by atoms with Crippen molar-refractivity contribution in [2.45, 2.75) is 45.6 Å². The lowest BCUT2D eigenvalue weighted by molar-refractivity contribution is 0.0378. The summed E-state index contributed by atoms with van der Waals surface area (Å²) in [7, 11) is 1.49. The molecule has 0 saturated carbocycles. The molecule has 1 aliphatic rings. The first-order valence-corrected chi connectivity index (χ1v) is 9.53. The van der Waals surface area contributed by atoms with E-state index in [0.29, 0.717) is 10.6 Å². The van der Waals surface area contributed by atoms with Gasteiger partial charge in [-0.25, -0.2) is 9.59 Å². The van der Waals surface area contributed by atoms with Gasteiger partial charge < -0.3 is 15.2 Å². The maximum absolute atomic E-state index is 12.8. The van der Waals surface area contributed by atoms with Gasteiger partial charge in [0, 0.05) is 11.9 Å². The van der Waals surface area contributed by atoms with Crippen LogP contribution in [0.2, 0.25) is 0 Å². The van der Waals surface area contributed by atoms with Gasteiger partial charge in [0.1, 0.15) is 16.3 Å². The van der Waals surface area contributed by atoms with Crippen molar-refractivity contribution in [2.75, 3.05) is 5.32 Å². The van der Waals surface area contributed by atoms with E-state index in [1.54, 1.807) is 13.8 Å². The lowest BCUT2D eigenvalue weighted by Gasteiger charge is -2.14. The van der Waals surface area contributed by atoms with Gasteiger partial charge >= 0.3 is 11.9 Å². The molecule has 8 nitrogen and oxygen atoms in total. The first kappa shape index (κ1) is 19.1. The lowest BCUT2D eigenvalue weighted by atomic mass is 9.95. The molecule has 0 spiro atoms. The number of hydrogen-bond donors (Lipinski definition) is 2. The number of amides is 1. The zero-order chi connectivity index (χ0) is 19.7. The predicted octanol–water partition coefficient (Wildman–Crippen LogP) is 2.88. The second kappa shape index (κ2) is 7.51. The van der Waals surface area contributed by atoms with E-state index < -0.39 is 17.8 Å². The van der Waals surface area contributed by atoms with Gasteiger partial charge in [-0.2, -0.15) is 5.10 Å². The number of fused-ring (bicyclic) bond motifs is 1. The van der Waals surface area contributed by atoms with Crippen LogP contribution in [0.15, 0.2) is 6.20 Å². The molecule has 0 aromatic carbocycles. The first-order valence-electron chi connectivity index (χ1n) is 8.71. The second-order valence-electron chi connectivity index (χ2n) is 6.66. The Morgan fingerprint density at radius 1 is 1.30 bits per heavy atom. The molecule has 27 heavy (non-hydrogen) atoms. The molecule has 0 unspecified atom stereocenters. The summed E-state index contributed by atoms with van der Waals surface area (Å²) >= 11 is 1.35. The smallest absolute Gasteiger partial charge is 0.341 e. The number of carbonyl (C=O) groups excluding carboxylic acids is 2. The highest BCUT2D eigenvalue weighted by molar-refractivity contribution is 7.17. The Labute approximate surface area is 160 Å². The van der Waals surface area contributed by atoms with Gasteiger partial charge in [0.2, 0.25) is 0 Å². The maximum Gasteiger partial charge on any atom is 0.341 e. The average molecular weight is 391 g/mol. The Kier molecular flexibility index (Phi) is 5.31. The van der Waals surface area contributed by atoms with Crippen molar-refractivity contribution in [3.8, 4) is 0 Å². The Bertz CT molecular complexity index is 912. The fraction of sp³-hybridized carbons (Fsp3) is 0.444. The quantitative estimate of drug-likeness (QED) is 0.758. The van der Waals surface area contributed by atoms with E-state index in [9.17, 15) is 19.5 Å². The van der Waals surface area contributed by atoms with Gasteiger partial charge in [-0.1, -0.05) is 0 Å². The van der Waals surface area contributed by atoms with Crippen molar-refractivity contribution in [1.29, 1.82) is 0 Å². The minimum atomic E-state index is -1.24. The van der Waals surface area contributed by atoms with E-state index in [4.69, 9.17) is 4.74 Å². The molecule has 1 aliphatic carbocycles. The van der Waals surface area contributed by atoms with Crippen LogP contribution in [0.1, 0.15) is 68.3 Å². The van der Waals surface area contributed by atoms with Crippen LogP contribution in [0.3, 0.4) is 0 Å². The van der Waals surface area contributed by atoms with Crippen molar-refractivity contribution in [1.82, 2.24) is 9.78 Å². The van der Waals surface area contributed by atoms with Gasteiger partial charge in [-0.15, -0.1) is 11.3 Å². The number of hydrogen-bond acceptors (Lipinski definition) is 6. The normalized spacial score (nSPS) is 13.3. The molecule has 0 bridgehead atoms. The Morgan fingerprint density at radius 2 is 2.00 bits per heavy atom. The third-order valence-electron chi connectivity index (χ3n) is 4.33. The monoisotopic (exact) mass is 391 g/mol. The molecule has 3 rings (SSSR count). The van der Waals surface area contributed by atoms with E-state index in [1.807, 2.05) is 0 Å². The van der Waals surface area contributed by atoms with E-state index in [1.165, 1.54) is 23.1 Å². The summed E-state index contributed by atoms with van der Waals surface area (Å²) in [5.41, 5.74) is 1.05. The van der Waals surface area contributed by atoms with Crippen molar-refractivity contribution >= 4 is 34.2 Å². The molecular weight excluding hydrogens is 370 g/mol. The SMILES string of the molecule is CC(C)OC(=O)c1c(NC(=O)c2c(C(=O)O)cnn2C)sc2c1CCCC2. The molecule has 0 aliphatic heterocycles. The van der Waals surface area contributed by atoms with Crippen LogP contribution in [0.4, 0.5) is 5.00 Å². The van der Waals surface area contributed by atoms with Crippen LogP contribution in [0, 0.1) is 0 Å². The van der Waals surface area contributed by atoms with Gasteiger partial charge in [0.15, 0.2) is 0 Å². The molecule has 0 saturated heterocycles. The largest absolute Gasteiger partial charge is 0.478 e. The molecule has 2 N–H and O–H groups in total. The molecule has 9 heteroatoms. The van der Waals surface area contributed by atoms with Crippen LogP contribution >= 0.6 is 11.3 Å². The second-order valence-corrected chi connectivity index (χ2v) is 7.76. The number of ether oxygens (including phenoxy) is 1. The number of rotatable bonds is 5. The zero-order valence-electron chi connectivity index (χ0n) is 15.4. The van der Waals surface area contributed by atoms with Gasteiger partial charge in [0.05, 0.1) is 17.9 Å². The molecule has 0 atom stereocenters. The molecule has 1 amide bonds. The number of carboxylic acids is 1. The third-order valence-corrected chi connectivity index (χ3v) is 5.54. The summed E-state index contributed by atoms with van der Waals surface area (Å²) < 4.78 is 6.57. The Hall–Kier alpha value is -2.68. The number of aromatic carboxylic acids is 1. The highest BCUT2D eigenvalue weighted by Gasteiger charge is 2.29. The molecular formula is C18H21N3O5S. The van der Waals surface area contributed by atoms with E-state index in [0.717, 1.165) is 42.3 Å². The number of thiophene rings is 1.